The zero-order valence-corrected chi connectivity index (χ0v) is 12.6. The summed E-state index contributed by atoms with van der Waals surface area (Å²) >= 11 is 1.80. The highest BCUT2D eigenvalue weighted by Gasteiger charge is 2.31. The van der Waals surface area contributed by atoms with Crippen molar-refractivity contribution in [2.45, 2.75) is 52.6 Å². The van der Waals surface area contributed by atoms with E-state index in [1.54, 1.807) is 11.3 Å². The van der Waals surface area contributed by atoms with Crippen LogP contribution in [0.3, 0.4) is 0 Å². The molecule has 1 aliphatic carbocycles. The number of hydrogen-bond acceptors (Lipinski definition) is 4. The van der Waals surface area contributed by atoms with Gasteiger partial charge in [0.25, 0.3) is 0 Å². The highest BCUT2D eigenvalue weighted by molar-refractivity contribution is 7.13. The van der Waals surface area contributed by atoms with E-state index in [1.165, 1.54) is 30.1 Å². The van der Waals surface area contributed by atoms with Crippen LogP contribution in [0.15, 0.2) is 5.38 Å². The average Bonchev–Trinajstić information content (AvgIpc) is 3.06. The summed E-state index contributed by atoms with van der Waals surface area (Å²) in [7, 11) is 0. The Hall–Kier alpha value is -0.610. The van der Waals surface area contributed by atoms with Gasteiger partial charge in [0.05, 0.1) is 5.69 Å². The van der Waals surface area contributed by atoms with Crippen molar-refractivity contribution < 1.29 is 0 Å². The summed E-state index contributed by atoms with van der Waals surface area (Å²) in [6.07, 6.45) is 3.87. The molecule has 1 fully saturated rings. The number of thiazole rings is 1. The van der Waals surface area contributed by atoms with Crippen LogP contribution in [0.5, 0.6) is 0 Å². The van der Waals surface area contributed by atoms with Gasteiger partial charge < -0.3 is 10.2 Å². The van der Waals surface area contributed by atoms with E-state index >= 15 is 0 Å². The predicted octanol–water partition coefficient (Wildman–Crippen LogP) is 3.27. The molecule has 0 radical (unpaired) electrons. The summed E-state index contributed by atoms with van der Waals surface area (Å²) in [5.74, 6) is 0.705. The number of hydrogen-bond donors (Lipinski definition) is 1. The zero-order valence-electron chi connectivity index (χ0n) is 11.8. The van der Waals surface area contributed by atoms with Crippen molar-refractivity contribution in [2.24, 2.45) is 5.92 Å². The molecule has 2 rings (SSSR count). The minimum absolute atomic E-state index is 0.705. The van der Waals surface area contributed by atoms with Crippen LogP contribution in [0.4, 0.5) is 5.13 Å². The van der Waals surface area contributed by atoms with Crippen molar-refractivity contribution in [3.05, 3.63) is 11.1 Å². The van der Waals surface area contributed by atoms with Gasteiger partial charge in [-0.05, 0) is 31.7 Å². The quantitative estimate of drug-likeness (QED) is 0.733. The van der Waals surface area contributed by atoms with Crippen LogP contribution in [0, 0.1) is 5.92 Å². The Kier molecular flexibility index (Phi) is 5.01. The standard InChI is InChI=1S/C14H25N3S/c1-4-7-15-8-12-10-18-14(16-12)17(9-11(2)3)13-5-6-13/h10-11,13,15H,4-9H2,1-3H3. The molecule has 1 saturated carbocycles. The molecule has 1 aliphatic rings. The summed E-state index contributed by atoms with van der Waals surface area (Å²) < 4.78 is 0. The van der Waals surface area contributed by atoms with Crippen molar-refractivity contribution in [3.8, 4) is 0 Å². The van der Waals surface area contributed by atoms with Crippen molar-refractivity contribution in [3.63, 3.8) is 0 Å². The highest BCUT2D eigenvalue weighted by Crippen LogP contribution is 2.34. The molecule has 0 spiro atoms. The molecule has 0 atom stereocenters. The lowest BCUT2D eigenvalue weighted by Crippen LogP contribution is -2.29. The van der Waals surface area contributed by atoms with Gasteiger partial charge in [-0.3, -0.25) is 0 Å². The fraction of sp³-hybridized carbons (Fsp3) is 0.786. The molecule has 1 N–H and O–H groups in total. The van der Waals surface area contributed by atoms with E-state index in [1.807, 2.05) is 0 Å². The number of nitrogens with one attached hydrogen (secondary N) is 1. The molecule has 0 saturated heterocycles. The van der Waals surface area contributed by atoms with Gasteiger partial charge in [-0.2, -0.15) is 0 Å². The lowest BCUT2D eigenvalue weighted by atomic mass is 10.2. The van der Waals surface area contributed by atoms with Crippen LogP contribution in [0.1, 0.15) is 45.7 Å². The van der Waals surface area contributed by atoms with E-state index < -0.39 is 0 Å². The fourth-order valence-corrected chi connectivity index (χ4v) is 2.97. The van der Waals surface area contributed by atoms with Crippen molar-refractivity contribution in [2.75, 3.05) is 18.0 Å². The summed E-state index contributed by atoms with van der Waals surface area (Å²) in [4.78, 5) is 7.29. The molecule has 0 amide bonds. The molecule has 1 aromatic heterocycles. The predicted molar refractivity (Wildman–Crippen MR) is 79.3 cm³/mol. The monoisotopic (exact) mass is 267 g/mol. The molecule has 0 unspecified atom stereocenters. The van der Waals surface area contributed by atoms with Gasteiger partial charge >= 0.3 is 0 Å². The van der Waals surface area contributed by atoms with Crippen molar-refractivity contribution in [1.29, 1.82) is 0 Å². The third-order valence-electron chi connectivity index (χ3n) is 3.07. The Balaban J connectivity index is 1.93. The van der Waals surface area contributed by atoms with Gasteiger partial charge in [0.1, 0.15) is 0 Å². The zero-order chi connectivity index (χ0) is 13.0. The largest absolute Gasteiger partial charge is 0.345 e. The van der Waals surface area contributed by atoms with E-state index in [2.05, 4.69) is 36.4 Å². The third kappa shape index (κ3) is 3.95. The van der Waals surface area contributed by atoms with E-state index in [9.17, 15) is 0 Å². The Labute approximate surface area is 115 Å². The van der Waals surface area contributed by atoms with Gasteiger partial charge in [0, 0.05) is 24.5 Å². The van der Waals surface area contributed by atoms with Crippen LogP contribution in [0.25, 0.3) is 0 Å². The van der Waals surface area contributed by atoms with Crippen LogP contribution < -0.4 is 10.2 Å². The first-order valence-corrected chi connectivity index (χ1v) is 8.00. The van der Waals surface area contributed by atoms with Crippen LogP contribution in [-0.2, 0) is 6.54 Å². The maximum Gasteiger partial charge on any atom is 0.185 e. The number of rotatable bonds is 8. The molecule has 4 heteroatoms. The third-order valence-corrected chi connectivity index (χ3v) is 3.99. The highest BCUT2D eigenvalue weighted by atomic mass is 32.1. The van der Waals surface area contributed by atoms with Crippen LogP contribution in [-0.4, -0.2) is 24.1 Å². The van der Waals surface area contributed by atoms with Crippen molar-refractivity contribution in [1.82, 2.24) is 10.3 Å². The topological polar surface area (TPSA) is 28.2 Å². The maximum absolute atomic E-state index is 4.78. The molecule has 102 valence electrons. The molecule has 3 nitrogen and oxygen atoms in total. The lowest BCUT2D eigenvalue weighted by molar-refractivity contribution is 0.604. The second-order valence-corrected chi connectivity index (χ2v) is 6.41. The minimum atomic E-state index is 0.705. The first-order chi connectivity index (χ1) is 8.70. The summed E-state index contributed by atoms with van der Waals surface area (Å²) in [6.45, 7) is 9.88. The molecule has 0 bridgehead atoms. The lowest BCUT2D eigenvalue weighted by Gasteiger charge is -2.23. The average molecular weight is 267 g/mol. The van der Waals surface area contributed by atoms with Gasteiger partial charge in [-0.15, -0.1) is 11.3 Å². The summed E-state index contributed by atoms with van der Waals surface area (Å²) in [6, 6.07) is 0.759. The smallest absolute Gasteiger partial charge is 0.185 e. The maximum atomic E-state index is 4.78. The molecule has 1 heterocycles. The SMILES string of the molecule is CCCNCc1csc(N(CC(C)C)C2CC2)n1. The van der Waals surface area contributed by atoms with E-state index in [-0.39, 0.29) is 0 Å². The van der Waals surface area contributed by atoms with Gasteiger partial charge in [0.2, 0.25) is 0 Å². The van der Waals surface area contributed by atoms with Crippen LogP contribution >= 0.6 is 11.3 Å². The fourth-order valence-electron chi connectivity index (χ4n) is 2.07. The number of anilines is 1. The van der Waals surface area contributed by atoms with E-state index in [4.69, 9.17) is 4.98 Å². The second kappa shape index (κ2) is 6.53. The molecule has 18 heavy (non-hydrogen) atoms. The van der Waals surface area contributed by atoms with Crippen molar-refractivity contribution >= 4 is 16.5 Å². The molecule has 0 aromatic carbocycles. The Bertz CT molecular complexity index is 358. The Morgan fingerprint density at radius 1 is 1.50 bits per heavy atom. The summed E-state index contributed by atoms with van der Waals surface area (Å²) in [5, 5.41) is 6.84. The molecule has 0 aliphatic heterocycles. The Morgan fingerprint density at radius 2 is 2.28 bits per heavy atom. The number of nitrogens with zero attached hydrogens (tertiary/aromatic N) is 2. The minimum Gasteiger partial charge on any atom is -0.345 e. The first-order valence-electron chi connectivity index (χ1n) is 7.12. The van der Waals surface area contributed by atoms with Crippen LogP contribution in [0.2, 0.25) is 0 Å². The van der Waals surface area contributed by atoms with E-state index in [0.717, 1.165) is 25.7 Å². The van der Waals surface area contributed by atoms with Gasteiger partial charge in [0.15, 0.2) is 5.13 Å². The summed E-state index contributed by atoms with van der Waals surface area (Å²) in [5.41, 5.74) is 1.19. The van der Waals surface area contributed by atoms with E-state index in [0.29, 0.717) is 5.92 Å². The normalized spacial score (nSPS) is 15.3. The first kappa shape index (κ1) is 13.8. The van der Waals surface area contributed by atoms with Gasteiger partial charge in [-0.25, -0.2) is 4.98 Å². The number of aromatic nitrogens is 1. The molecular formula is C14H25N3S. The Morgan fingerprint density at radius 3 is 2.89 bits per heavy atom. The molecule has 1 aromatic rings. The van der Waals surface area contributed by atoms with Gasteiger partial charge in [-0.1, -0.05) is 20.8 Å². The second-order valence-electron chi connectivity index (χ2n) is 5.58. The molecular weight excluding hydrogens is 242 g/mol.